The van der Waals surface area contributed by atoms with Crippen molar-refractivity contribution < 1.29 is 9.15 Å². The zero-order valence-corrected chi connectivity index (χ0v) is 11.5. The van der Waals surface area contributed by atoms with Crippen molar-refractivity contribution in [2.24, 2.45) is 0 Å². The van der Waals surface area contributed by atoms with Crippen LogP contribution in [0.2, 0.25) is 0 Å². The van der Waals surface area contributed by atoms with E-state index < -0.39 is 0 Å². The van der Waals surface area contributed by atoms with Crippen molar-refractivity contribution in [2.75, 3.05) is 6.61 Å². The van der Waals surface area contributed by atoms with Crippen LogP contribution in [0.25, 0.3) is 11.1 Å². The zero-order chi connectivity index (χ0) is 13.4. The van der Waals surface area contributed by atoms with Crippen LogP contribution in [-0.2, 0) is 11.2 Å². The molecule has 0 aromatic carbocycles. The van der Waals surface area contributed by atoms with Crippen molar-refractivity contribution in [1.82, 2.24) is 14.8 Å². The van der Waals surface area contributed by atoms with Gasteiger partial charge < -0.3 is 9.15 Å². The molecule has 0 bridgehead atoms. The highest BCUT2D eigenvalue weighted by molar-refractivity contribution is 7.71. The van der Waals surface area contributed by atoms with E-state index in [9.17, 15) is 4.79 Å². The summed E-state index contributed by atoms with van der Waals surface area (Å²) in [7, 11) is 0. The Morgan fingerprint density at radius 2 is 2.37 bits per heavy atom. The van der Waals surface area contributed by atoms with E-state index >= 15 is 0 Å². The molecular weight excluding hydrogens is 266 g/mol. The second-order valence-electron chi connectivity index (χ2n) is 4.59. The number of rotatable bonds is 2. The van der Waals surface area contributed by atoms with E-state index in [1.807, 2.05) is 6.92 Å². The minimum atomic E-state index is -0.271. The van der Waals surface area contributed by atoms with Crippen LogP contribution < -0.4 is 5.56 Å². The Morgan fingerprint density at radius 3 is 3.05 bits per heavy atom. The number of hydrogen-bond donors (Lipinski definition) is 1. The Kier molecular flexibility index (Phi) is 3.24. The molecule has 2 aromatic rings. The number of H-pyrrole nitrogens is 1. The van der Waals surface area contributed by atoms with Crippen molar-refractivity contribution in [2.45, 2.75) is 38.8 Å². The van der Waals surface area contributed by atoms with E-state index in [1.165, 1.54) is 0 Å². The largest absolute Gasteiger partial charge is 0.427 e. The highest BCUT2D eigenvalue weighted by Gasteiger charge is 2.23. The molecule has 0 radical (unpaired) electrons. The van der Waals surface area contributed by atoms with Crippen LogP contribution in [0.5, 0.6) is 0 Å². The lowest BCUT2D eigenvalue weighted by molar-refractivity contribution is -0.0370. The molecule has 3 heterocycles. The summed E-state index contributed by atoms with van der Waals surface area (Å²) in [6.07, 6.45) is 3.46. The number of nitrogens with zero attached hydrogens (tertiary/aromatic N) is 2. The highest BCUT2D eigenvalue weighted by Crippen LogP contribution is 2.26. The topological polar surface area (TPSA) is 73.1 Å². The number of fused-ring (bicyclic) bond motifs is 1. The minimum absolute atomic E-state index is 0.0799. The van der Waals surface area contributed by atoms with Crippen LogP contribution in [0.4, 0.5) is 0 Å². The summed E-state index contributed by atoms with van der Waals surface area (Å²) in [4.78, 5) is 14.7. The Labute approximate surface area is 114 Å². The Balaban J connectivity index is 2.24. The van der Waals surface area contributed by atoms with E-state index in [0.717, 1.165) is 25.0 Å². The van der Waals surface area contributed by atoms with Crippen molar-refractivity contribution in [3.8, 4) is 0 Å². The van der Waals surface area contributed by atoms with Gasteiger partial charge in [-0.3, -0.25) is 9.78 Å². The Hall–Kier alpha value is -1.47. The monoisotopic (exact) mass is 281 g/mol. The van der Waals surface area contributed by atoms with E-state index in [4.69, 9.17) is 21.4 Å². The van der Waals surface area contributed by atoms with Gasteiger partial charge >= 0.3 is 0 Å². The summed E-state index contributed by atoms with van der Waals surface area (Å²) >= 11 is 4.91. The predicted molar refractivity (Wildman–Crippen MR) is 71.7 cm³/mol. The molecule has 1 atom stereocenters. The first-order valence-electron chi connectivity index (χ1n) is 6.47. The number of hydrogen-bond acceptors (Lipinski definition) is 5. The van der Waals surface area contributed by atoms with Gasteiger partial charge in [-0.05, 0) is 37.9 Å². The quantitative estimate of drug-likeness (QED) is 0.855. The fraction of sp³-hybridized carbons (Fsp3) is 0.583. The molecule has 1 aliphatic heterocycles. The van der Waals surface area contributed by atoms with Crippen LogP contribution in [-0.4, -0.2) is 21.4 Å². The lowest BCUT2D eigenvalue weighted by Crippen LogP contribution is -2.22. The number of aryl methyl sites for hydroxylation is 1. The first-order valence-corrected chi connectivity index (χ1v) is 6.87. The lowest BCUT2D eigenvalue weighted by atomic mass is 10.2. The molecule has 19 heavy (non-hydrogen) atoms. The maximum atomic E-state index is 12.1. The van der Waals surface area contributed by atoms with Gasteiger partial charge in [-0.25, -0.2) is 4.68 Å². The third-order valence-electron chi connectivity index (χ3n) is 3.32. The zero-order valence-electron chi connectivity index (χ0n) is 10.6. The summed E-state index contributed by atoms with van der Waals surface area (Å²) in [6.45, 7) is 2.66. The maximum absolute atomic E-state index is 12.1. The molecule has 2 aromatic heterocycles. The van der Waals surface area contributed by atoms with Crippen molar-refractivity contribution >= 4 is 23.3 Å². The number of aromatic amines is 1. The van der Waals surface area contributed by atoms with Gasteiger partial charge in [-0.1, -0.05) is 6.92 Å². The Bertz CT molecular complexity index is 709. The smallest absolute Gasteiger partial charge is 0.280 e. The molecule has 0 aliphatic carbocycles. The summed E-state index contributed by atoms with van der Waals surface area (Å²) in [5.41, 5.74) is 1.36. The average Bonchev–Trinajstić information content (AvgIpc) is 2.78. The molecule has 1 saturated heterocycles. The molecular formula is C12H15N3O3S. The molecule has 102 valence electrons. The third-order valence-corrected chi connectivity index (χ3v) is 3.51. The summed E-state index contributed by atoms with van der Waals surface area (Å²) in [5, 5.41) is 4.47. The normalized spacial score (nSPS) is 19.9. The first-order chi connectivity index (χ1) is 9.20. The van der Waals surface area contributed by atoms with E-state index in [2.05, 4.69) is 10.1 Å². The van der Waals surface area contributed by atoms with Crippen LogP contribution >= 0.6 is 12.2 Å². The van der Waals surface area contributed by atoms with Crippen LogP contribution in [0.15, 0.2) is 9.21 Å². The molecule has 3 rings (SSSR count). The SMILES string of the molecule is CCc1nn(C2CCCCO2)c2c(=O)[nH]c(=S)oc12. The van der Waals surface area contributed by atoms with Gasteiger partial charge in [0.2, 0.25) is 0 Å². The average molecular weight is 281 g/mol. The predicted octanol–water partition coefficient (Wildman–Crippen LogP) is 2.31. The summed E-state index contributed by atoms with van der Waals surface area (Å²) in [6, 6.07) is 0. The number of aromatic nitrogens is 3. The minimum Gasteiger partial charge on any atom is -0.427 e. The number of nitrogens with one attached hydrogen (secondary N) is 1. The van der Waals surface area contributed by atoms with E-state index in [0.29, 0.717) is 24.1 Å². The molecule has 1 aliphatic rings. The van der Waals surface area contributed by atoms with Crippen molar-refractivity contribution in [1.29, 1.82) is 0 Å². The first kappa shape index (κ1) is 12.6. The molecule has 0 spiro atoms. The fourth-order valence-electron chi connectivity index (χ4n) is 2.41. The van der Waals surface area contributed by atoms with E-state index in [1.54, 1.807) is 4.68 Å². The summed E-state index contributed by atoms with van der Waals surface area (Å²) in [5.74, 6) is 0. The third kappa shape index (κ3) is 2.12. The fourth-order valence-corrected chi connectivity index (χ4v) is 2.58. The Morgan fingerprint density at radius 1 is 1.53 bits per heavy atom. The molecule has 6 nitrogen and oxygen atoms in total. The highest BCUT2D eigenvalue weighted by atomic mass is 32.1. The van der Waals surface area contributed by atoms with Gasteiger partial charge in [0, 0.05) is 6.61 Å². The molecule has 1 N–H and O–H groups in total. The van der Waals surface area contributed by atoms with Gasteiger partial charge in [0.1, 0.15) is 5.69 Å². The second kappa shape index (κ2) is 4.90. The number of ether oxygens (including phenoxy) is 1. The maximum Gasteiger partial charge on any atom is 0.280 e. The van der Waals surface area contributed by atoms with Crippen LogP contribution in [0, 0.1) is 4.84 Å². The van der Waals surface area contributed by atoms with E-state index in [-0.39, 0.29) is 16.6 Å². The van der Waals surface area contributed by atoms with Crippen LogP contribution in [0.1, 0.15) is 38.1 Å². The molecule has 0 amide bonds. The van der Waals surface area contributed by atoms with Gasteiger partial charge in [0.15, 0.2) is 17.3 Å². The molecule has 1 unspecified atom stereocenters. The van der Waals surface area contributed by atoms with Gasteiger partial charge in [-0.2, -0.15) is 5.10 Å². The summed E-state index contributed by atoms with van der Waals surface area (Å²) < 4.78 is 12.8. The van der Waals surface area contributed by atoms with Gasteiger partial charge in [0.25, 0.3) is 10.4 Å². The van der Waals surface area contributed by atoms with Gasteiger partial charge in [0.05, 0.1) is 0 Å². The van der Waals surface area contributed by atoms with Crippen molar-refractivity contribution in [3.05, 3.63) is 20.9 Å². The molecule has 0 saturated carbocycles. The molecule has 7 heteroatoms. The van der Waals surface area contributed by atoms with Crippen LogP contribution in [0.3, 0.4) is 0 Å². The van der Waals surface area contributed by atoms with Gasteiger partial charge in [-0.15, -0.1) is 0 Å². The standard InChI is InChI=1S/C12H15N3O3S/c1-2-7-10-9(11(16)13-12(19)18-10)15(14-7)8-5-3-4-6-17-8/h8H,2-6H2,1H3,(H,13,16,19). The lowest BCUT2D eigenvalue weighted by Gasteiger charge is -2.22. The second-order valence-corrected chi connectivity index (χ2v) is 4.96. The van der Waals surface area contributed by atoms with Crippen molar-refractivity contribution in [3.63, 3.8) is 0 Å². The molecule has 1 fully saturated rings.